The van der Waals surface area contributed by atoms with Gasteiger partial charge in [0.05, 0.1) is 18.8 Å². The number of hydrogen-bond acceptors (Lipinski definition) is 4. The number of carbonyl (C=O) groups is 2. The number of nitrogens with one attached hydrogen (secondary N) is 1. The van der Waals surface area contributed by atoms with E-state index in [1.165, 1.54) is 0 Å². The van der Waals surface area contributed by atoms with Crippen LogP contribution in [-0.2, 0) is 4.79 Å². The van der Waals surface area contributed by atoms with Crippen molar-refractivity contribution in [3.8, 4) is 5.75 Å². The van der Waals surface area contributed by atoms with Gasteiger partial charge >= 0.3 is 6.03 Å². The molecule has 2 heterocycles. The average Bonchev–Trinajstić information content (AvgIpc) is 2.96. The summed E-state index contributed by atoms with van der Waals surface area (Å²) in [5.74, 6) is 0.776. The molecule has 0 saturated carbocycles. The van der Waals surface area contributed by atoms with Crippen molar-refractivity contribution >= 4 is 17.6 Å². The van der Waals surface area contributed by atoms with Crippen molar-refractivity contribution in [2.45, 2.75) is 38.3 Å². The lowest BCUT2D eigenvalue weighted by Crippen LogP contribution is -2.49. The van der Waals surface area contributed by atoms with Crippen molar-refractivity contribution in [3.05, 3.63) is 24.3 Å². The van der Waals surface area contributed by atoms with Gasteiger partial charge in [0.15, 0.2) is 0 Å². The molecule has 2 aliphatic heterocycles. The van der Waals surface area contributed by atoms with Crippen LogP contribution in [0, 0.1) is 0 Å². The molecule has 1 aromatic rings. The van der Waals surface area contributed by atoms with Gasteiger partial charge in [0.25, 0.3) is 0 Å². The van der Waals surface area contributed by atoms with Gasteiger partial charge in [0, 0.05) is 31.7 Å². The van der Waals surface area contributed by atoms with Gasteiger partial charge in [0.1, 0.15) is 5.75 Å². The fourth-order valence-electron chi connectivity index (χ4n) is 3.28. The molecule has 3 amide bonds. The zero-order chi connectivity index (χ0) is 17.8. The molecule has 2 fully saturated rings. The summed E-state index contributed by atoms with van der Waals surface area (Å²) in [6.45, 7) is 4.10. The monoisotopic (exact) mass is 347 g/mol. The van der Waals surface area contributed by atoms with Crippen LogP contribution in [0.5, 0.6) is 5.75 Å². The summed E-state index contributed by atoms with van der Waals surface area (Å²) < 4.78 is 5.42. The number of nitrogens with zero attached hydrogens (tertiary/aromatic N) is 2. The Morgan fingerprint density at radius 2 is 1.96 bits per heavy atom. The molecule has 7 heteroatoms. The van der Waals surface area contributed by atoms with E-state index in [2.05, 4.69) is 5.32 Å². The number of rotatable bonds is 4. The Balaban J connectivity index is 1.55. The molecule has 25 heavy (non-hydrogen) atoms. The van der Waals surface area contributed by atoms with Crippen molar-refractivity contribution in [2.75, 3.05) is 31.1 Å². The van der Waals surface area contributed by atoms with Gasteiger partial charge in [0.2, 0.25) is 5.91 Å². The summed E-state index contributed by atoms with van der Waals surface area (Å²) >= 11 is 0. The number of piperidine rings is 1. The van der Waals surface area contributed by atoms with Crippen LogP contribution in [0.3, 0.4) is 0 Å². The number of aliphatic hydroxyl groups is 1. The molecule has 1 aromatic carbocycles. The first kappa shape index (κ1) is 17.5. The van der Waals surface area contributed by atoms with Crippen LogP contribution in [0.2, 0.25) is 0 Å². The molecular formula is C18H25N3O4. The minimum Gasteiger partial charge on any atom is -0.494 e. The van der Waals surface area contributed by atoms with Gasteiger partial charge in [-0.3, -0.25) is 4.79 Å². The number of likely N-dealkylation sites (tertiary alicyclic amines) is 1. The van der Waals surface area contributed by atoms with Crippen LogP contribution in [0.15, 0.2) is 24.3 Å². The van der Waals surface area contributed by atoms with Crippen molar-refractivity contribution in [3.63, 3.8) is 0 Å². The third-order valence-electron chi connectivity index (χ3n) is 4.66. The topological polar surface area (TPSA) is 82.1 Å². The van der Waals surface area contributed by atoms with E-state index >= 15 is 0 Å². The van der Waals surface area contributed by atoms with Gasteiger partial charge in [-0.05, 0) is 44.0 Å². The first-order chi connectivity index (χ1) is 12.1. The second-order valence-corrected chi connectivity index (χ2v) is 6.50. The quantitative estimate of drug-likeness (QED) is 0.862. The van der Waals surface area contributed by atoms with Gasteiger partial charge in [-0.15, -0.1) is 0 Å². The van der Waals surface area contributed by atoms with E-state index in [0.29, 0.717) is 45.5 Å². The van der Waals surface area contributed by atoms with Crippen LogP contribution >= 0.6 is 0 Å². The Hall–Kier alpha value is -2.28. The van der Waals surface area contributed by atoms with Crippen molar-refractivity contribution in [2.24, 2.45) is 0 Å². The molecule has 2 aliphatic rings. The highest BCUT2D eigenvalue weighted by Crippen LogP contribution is 2.24. The lowest BCUT2D eigenvalue weighted by molar-refractivity contribution is -0.117. The molecule has 7 nitrogen and oxygen atoms in total. The molecule has 0 spiro atoms. The summed E-state index contributed by atoms with van der Waals surface area (Å²) in [5, 5.41) is 12.5. The van der Waals surface area contributed by atoms with E-state index in [0.717, 1.165) is 11.4 Å². The molecule has 0 aliphatic carbocycles. The van der Waals surface area contributed by atoms with Crippen molar-refractivity contribution in [1.82, 2.24) is 10.2 Å². The number of carbonyl (C=O) groups excluding carboxylic acids is 2. The maximum absolute atomic E-state index is 12.3. The summed E-state index contributed by atoms with van der Waals surface area (Å²) in [6, 6.07) is 7.06. The first-order valence-corrected chi connectivity index (χ1v) is 8.83. The summed E-state index contributed by atoms with van der Waals surface area (Å²) in [5.41, 5.74) is 0.811. The summed E-state index contributed by atoms with van der Waals surface area (Å²) in [6.07, 6.45) is 1.20. The number of aliphatic hydroxyl groups excluding tert-OH is 1. The van der Waals surface area contributed by atoms with Crippen molar-refractivity contribution < 1.29 is 19.4 Å². The number of ether oxygens (including phenoxy) is 1. The molecular weight excluding hydrogens is 322 g/mol. The molecule has 2 N–H and O–H groups in total. The van der Waals surface area contributed by atoms with Crippen molar-refractivity contribution in [1.29, 1.82) is 0 Å². The Kier molecular flexibility index (Phi) is 5.43. The van der Waals surface area contributed by atoms with E-state index in [9.17, 15) is 14.7 Å². The zero-order valence-corrected chi connectivity index (χ0v) is 14.5. The van der Waals surface area contributed by atoms with Crippen LogP contribution < -0.4 is 15.0 Å². The number of anilines is 1. The highest BCUT2D eigenvalue weighted by atomic mass is 16.5. The van der Waals surface area contributed by atoms with E-state index in [4.69, 9.17) is 4.74 Å². The number of urea groups is 1. The van der Waals surface area contributed by atoms with Crippen LogP contribution in [-0.4, -0.2) is 60.3 Å². The van der Waals surface area contributed by atoms with Crippen LogP contribution in [0.4, 0.5) is 10.5 Å². The predicted octanol–water partition coefficient (Wildman–Crippen LogP) is 1.36. The normalized spacial score (nSPS) is 21.5. The highest BCUT2D eigenvalue weighted by Gasteiger charge is 2.33. The second kappa shape index (κ2) is 7.74. The second-order valence-electron chi connectivity index (χ2n) is 6.50. The Morgan fingerprint density at radius 3 is 2.60 bits per heavy atom. The first-order valence-electron chi connectivity index (χ1n) is 8.83. The third kappa shape index (κ3) is 4.22. The van der Waals surface area contributed by atoms with E-state index in [1.807, 2.05) is 31.2 Å². The van der Waals surface area contributed by atoms with Crippen LogP contribution in [0.1, 0.15) is 26.2 Å². The molecule has 1 atom stereocenters. The highest BCUT2D eigenvalue weighted by molar-refractivity contribution is 5.96. The Morgan fingerprint density at radius 1 is 1.28 bits per heavy atom. The fraction of sp³-hybridized carbons (Fsp3) is 0.556. The largest absolute Gasteiger partial charge is 0.494 e. The smallest absolute Gasteiger partial charge is 0.317 e. The Bertz CT molecular complexity index is 611. The summed E-state index contributed by atoms with van der Waals surface area (Å²) in [7, 11) is 0. The number of amides is 3. The van der Waals surface area contributed by atoms with E-state index < -0.39 is 0 Å². The maximum atomic E-state index is 12.3. The minimum atomic E-state index is -0.313. The minimum absolute atomic E-state index is 0.00327. The van der Waals surface area contributed by atoms with Gasteiger partial charge < -0.3 is 25.0 Å². The molecule has 0 radical (unpaired) electrons. The average molecular weight is 347 g/mol. The zero-order valence-electron chi connectivity index (χ0n) is 14.5. The van der Waals surface area contributed by atoms with E-state index in [-0.39, 0.29) is 24.1 Å². The molecule has 0 unspecified atom stereocenters. The third-order valence-corrected chi connectivity index (χ3v) is 4.66. The lowest BCUT2D eigenvalue weighted by atomic mass is 10.1. The van der Waals surface area contributed by atoms with Gasteiger partial charge in [-0.1, -0.05) is 0 Å². The fourth-order valence-corrected chi connectivity index (χ4v) is 3.28. The number of benzene rings is 1. The molecule has 136 valence electrons. The lowest BCUT2D eigenvalue weighted by Gasteiger charge is -2.30. The SMILES string of the molecule is CCOc1ccc(N2C[C@@H](NC(=O)N3CCC(O)CC3)CC2=O)cc1. The Labute approximate surface area is 147 Å². The molecule has 2 saturated heterocycles. The molecule has 0 aromatic heterocycles. The summed E-state index contributed by atoms with van der Waals surface area (Å²) in [4.78, 5) is 28.0. The molecule has 0 bridgehead atoms. The number of hydrogen-bond donors (Lipinski definition) is 2. The predicted molar refractivity (Wildman–Crippen MR) is 93.7 cm³/mol. The molecule has 3 rings (SSSR count). The van der Waals surface area contributed by atoms with Gasteiger partial charge in [-0.2, -0.15) is 0 Å². The van der Waals surface area contributed by atoms with Gasteiger partial charge in [-0.25, -0.2) is 4.79 Å². The van der Waals surface area contributed by atoms with Crippen LogP contribution in [0.25, 0.3) is 0 Å². The van der Waals surface area contributed by atoms with E-state index in [1.54, 1.807) is 9.80 Å². The standard InChI is InChI=1S/C18H25N3O4/c1-2-25-16-5-3-14(4-6-16)21-12-13(11-17(21)23)19-18(24)20-9-7-15(22)8-10-20/h3-6,13,15,22H,2,7-12H2,1H3,(H,19,24)/t13-/m0/s1. The maximum Gasteiger partial charge on any atom is 0.317 e.